The summed E-state index contributed by atoms with van der Waals surface area (Å²) in [6.07, 6.45) is 9.97. The van der Waals surface area contributed by atoms with Crippen LogP contribution in [0.5, 0.6) is 0 Å². The van der Waals surface area contributed by atoms with Gasteiger partial charge in [-0.1, -0.05) is 39.0 Å². The molecule has 0 aliphatic heterocycles. The van der Waals surface area contributed by atoms with Gasteiger partial charge in [-0.25, -0.2) is 0 Å². The van der Waals surface area contributed by atoms with E-state index in [0.717, 1.165) is 26.2 Å². The molecular formula is C16H33NO3. The lowest BCUT2D eigenvalue weighted by Crippen LogP contribution is -2.33. The van der Waals surface area contributed by atoms with Gasteiger partial charge >= 0.3 is 0 Å². The summed E-state index contributed by atoms with van der Waals surface area (Å²) < 4.78 is 11.2. The molecule has 0 spiro atoms. The summed E-state index contributed by atoms with van der Waals surface area (Å²) in [7, 11) is 0. The van der Waals surface area contributed by atoms with Crippen LogP contribution in [0.3, 0.4) is 0 Å². The highest BCUT2D eigenvalue weighted by Crippen LogP contribution is 2.20. The van der Waals surface area contributed by atoms with Crippen molar-refractivity contribution < 1.29 is 14.6 Å². The predicted molar refractivity (Wildman–Crippen MR) is 82.0 cm³/mol. The maximum absolute atomic E-state index is 9.73. The lowest BCUT2D eigenvalue weighted by molar-refractivity contribution is 0.0310. The maximum Gasteiger partial charge on any atom is 0.0897 e. The zero-order valence-electron chi connectivity index (χ0n) is 13.1. The van der Waals surface area contributed by atoms with Gasteiger partial charge in [0.2, 0.25) is 0 Å². The van der Waals surface area contributed by atoms with Crippen LogP contribution >= 0.6 is 0 Å². The Bertz CT molecular complexity index is 208. The highest BCUT2D eigenvalue weighted by Gasteiger charge is 2.14. The van der Waals surface area contributed by atoms with Crippen molar-refractivity contribution in [3.63, 3.8) is 0 Å². The van der Waals surface area contributed by atoms with Crippen LogP contribution in [-0.2, 0) is 9.47 Å². The Morgan fingerprint density at radius 1 is 1.15 bits per heavy atom. The average Bonchev–Trinajstić information content (AvgIpc) is 2.95. The maximum atomic E-state index is 9.73. The molecule has 0 aromatic carbocycles. The molecule has 1 unspecified atom stereocenters. The largest absolute Gasteiger partial charge is 0.389 e. The summed E-state index contributed by atoms with van der Waals surface area (Å²) in [5.74, 6) is 0. The number of unbranched alkanes of at least 4 members (excludes halogenated alkanes) is 3. The van der Waals surface area contributed by atoms with Gasteiger partial charge in [-0.05, 0) is 19.3 Å². The quantitative estimate of drug-likeness (QED) is 0.511. The molecule has 0 heterocycles. The molecule has 20 heavy (non-hydrogen) atoms. The Balaban J connectivity index is 1.78. The van der Waals surface area contributed by atoms with Gasteiger partial charge in [0.15, 0.2) is 0 Å². The summed E-state index contributed by atoms with van der Waals surface area (Å²) >= 11 is 0. The first-order valence-electron chi connectivity index (χ1n) is 8.41. The van der Waals surface area contributed by atoms with Gasteiger partial charge < -0.3 is 19.9 Å². The molecule has 1 aliphatic rings. The molecule has 0 saturated heterocycles. The van der Waals surface area contributed by atoms with Crippen molar-refractivity contribution in [3.8, 4) is 0 Å². The SMILES string of the molecule is CCCCCCOCC(O)CNCCOC1CCCC1. The number of nitrogens with one attached hydrogen (secondary N) is 1. The van der Waals surface area contributed by atoms with Crippen LogP contribution in [-0.4, -0.2) is 50.2 Å². The molecular weight excluding hydrogens is 254 g/mol. The predicted octanol–water partition coefficient (Wildman–Crippen LogP) is 2.49. The minimum absolute atomic E-state index is 0.410. The van der Waals surface area contributed by atoms with E-state index in [9.17, 15) is 5.11 Å². The summed E-state index contributed by atoms with van der Waals surface area (Å²) in [4.78, 5) is 0. The smallest absolute Gasteiger partial charge is 0.0897 e. The van der Waals surface area contributed by atoms with Crippen molar-refractivity contribution in [2.24, 2.45) is 0 Å². The normalized spacial score (nSPS) is 17.7. The van der Waals surface area contributed by atoms with Crippen molar-refractivity contribution in [3.05, 3.63) is 0 Å². The van der Waals surface area contributed by atoms with Crippen molar-refractivity contribution in [1.82, 2.24) is 5.32 Å². The first-order valence-corrected chi connectivity index (χ1v) is 8.41. The van der Waals surface area contributed by atoms with Crippen LogP contribution in [0, 0.1) is 0 Å². The molecule has 1 aliphatic carbocycles. The fourth-order valence-corrected chi connectivity index (χ4v) is 2.53. The van der Waals surface area contributed by atoms with Crippen molar-refractivity contribution in [1.29, 1.82) is 0 Å². The van der Waals surface area contributed by atoms with E-state index in [1.165, 1.54) is 44.9 Å². The third-order valence-electron chi connectivity index (χ3n) is 3.77. The Kier molecular flexibility index (Phi) is 11.2. The summed E-state index contributed by atoms with van der Waals surface area (Å²) in [6.45, 7) is 5.54. The Hall–Kier alpha value is -0.160. The fraction of sp³-hybridized carbons (Fsp3) is 1.00. The third kappa shape index (κ3) is 9.70. The van der Waals surface area contributed by atoms with Gasteiger partial charge in [-0.2, -0.15) is 0 Å². The number of rotatable bonds is 13. The van der Waals surface area contributed by atoms with E-state index in [1.54, 1.807) is 0 Å². The molecule has 120 valence electrons. The summed E-state index contributed by atoms with van der Waals surface area (Å²) in [5, 5.41) is 12.9. The second-order valence-corrected chi connectivity index (χ2v) is 5.77. The average molecular weight is 287 g/mol. The summed E-state index contributed by atoms with van der Waals surface area (Å²) in [6, 6.07) is 0. The van der Waals surface area contributed by atoms with Crippen molar-refractivity contribution in [2.45, 2.75) is 70.5 Å². The highest BCUT2D eigenvalue weighted by molar-refractivity contribution is 4.67. The fourth-order valence-electron chi connectivity index (χ4n) is 2.53. The molecule has 1 rings (SSSR count). The Morgan fingerprint density at radius 2 is 1.95 bits per heavy atom. The molecule has 1 saturated carbocycles. The first kappa shape index (κ1) is 17.9. The molecule has 0 aromatic heterocycles. The molecule has 4 heteroatoms. The molecule has 2 N–H and O–H groups in total. The second kappa shape index (κ2) is 12.6. The first-order chi connectivity index (χ1) is 9.83. The molecule has 0 radical (unpaired) electrons. The van der Waals surface area contributed by atoms with E-state index in [2.05, 4.69) is 12.2 Å². The van der Waals surface area contributed by atoms with E-state index < -0.39 is 6.10 Å². The highest BCUT2D eigenvalue weighted by atomic mass is 16.5. The Labute approximate surface area is 124 Å². The van der Waals surface area contributed by atoms with Gasteiger partial charge in [0.25, 0.3) is 0 Å². The van der Waals surface area contributed by atoms with Gasteiger partial charge in [0, 0.05) is 19.7 Å². The van der Waals surface area contributed by atoms with Crippen LogP contribution in [0.2, 0.25) is 0 Å². The molecule has 0 aromatic rings. The topological polar surface area (TPSA) is 50.7 Å². The summed E-state index contributed by atoms with van der Waals surface area (Å²) in [5.41, 5.74) is 0. The molecule has 0 bridgehead atoms. The third-order valence-corrected chi connectivity index (χ3v) is 3.77. The standard InChI is InChI=1S/C16H33NO3/c1-2-3-4-7-11-19-14-15(18)13-17-10-12-20-16-8-5-6-9-16/h15-18H,2-14H2,1H3. The minimum Gasteiger partial charge on any atom is -0.389 e. The van der Waals surface area contributed by atoms with Gasteiger partial charge in [-0.15, -0.1) is 0 Å². The number of aliphatic hydroxyl groups is 1. The number of hydrogen-bond donors (Lipinski definition) is 2. The lowest BCUT2D eigenvalue weighted by atomic mass is 10.2. The molecule has 0 amide bonds. The second-order valence-electron chi connectivity index (χ2n) is 5.77. The van der Waals surface area contributed by atoms with Crippen LogP contribution < -0.4 is 5.32 Å². The van der Waals surface area contributed by atoms with Gasteiger partial charge in [-0.3, -0.25) is 0 Å². The van der Waals surface area contributed by atoms with Gasteiger partial charge in [0.1, 0.15) is 0 Å². The Morgan fingerprint density at radius 3 is 2.70 bits per heavy atom. The van der Waals surface area contributed by atoms with Crippen LogP contribution in [0.15, 0.2) is 0 Å². The number of ether oxygens (including phenoxy) is 2. The molecule has 4 nitrogen and oxygen atoms in total. The van der Waals surface area contributed by atoms with E-state index >= 15 is 0 Å². The van der Waals surface area contributed by atoms with Crippen molar-refractivity contribution >= 4 is 0 Å². The van der Waals surface area contributed by atoms with E-state index in [-0.39, 0.29) is 0 Å². The molecule has 1 atom stereocenters. The van der Waals surface area contributed by atoms with Gasteiger partial charge in [0.05, 0.1) is 25.4 Å². The zero-order valence-corrected chi connectivity index (χ0v) is 13.1. The van der Waals surface area contributed by atoms with Crippen LogP contribution in [0.4, 0.5) is 0 Å². The minimum atomic E-state index is -0.410. The van der Waals surface area contributed by atoms with E-state index in [1.807, 2.05) is 0 Å². The van der Waals surface area contributed by atoms with E-state index in [4.69, 9.17) is 9.47 Å². The van der Waals surface area contributed by atoms with E-state index in [0.29, 0.717) is 19.3 Å². The lowest BCUT2D eigenvalue weighted by Gasteiger charge is -2.14. The number of hydrogen-bond acceptors (Lipinski definition) is 4. The zero-order chi connectivity index (χ0) is 14.5. The monoisotopic (exact) mass is 287 g/mol. The molecule has 1 fully saturated rings. The van der Waals surface area contributed by atoms with Crippen molar-refractivity contribution in [2.75, 3.05) is 32.9 Å². The number of aliphatic hydroxyl groups excluding tert-OH is 1. The van der Waals surface area contributed by atoms with Crippen LogP contribution in [0.1, 0.15) is 58.3 Å². The van der Waals surface area contributed by atoms with Crippen LogP contribution in [0.25, 0.3) is 0 Å².